The van der Waals surface area contributed by atoms with Crippen LogP contribution >= 0.6 is 43.5 Å². The second-order valence-electron chi connectivity index (χ2n) is 9.62. The van der Waals surface area contributed by atoms with E-state index in [0.717, 1.165) is 18.7 Å². The quantitative estimate of drug-likeness (QED) is 0.301. The molecule has 2 amide bonds. The maximum absolute atomic E-state index is 13.7. The predicted molar refractivity (Wildman–Crippen MR) is 155 cm³/mol. The highest BCUT2D eigenvalue weighted by Crippen LogP contribution is 2.30. The van der Waals surface area contributed by atoms with Crippen molar-refractivity contribution in [2.75, 3.05) is 33.4 Å². The number of benzene rings is 2. The molecule has 0 aliphatic carbocycles. The van der Waals surface area contributed by atoms with Gasteiger partial charge in [-0.25, -0.2) is 0 Å². The van der Waals surface area contributed by atoms with Crippen LogP contribution in [0, 0.1) is 5.92 Å². The Morgan fingerprint density at radius 2 is 1.73 bits per heavy atom. The van der Waals surface area contributed by atoms with Gasteiger partial charge in [0, 0.05) is 41.7 Å². The van der Waals surface area contributed by atoms with Crippen molar-refractivity contribution in [1.82, 2.24) is 15.5 Å². The summed E-state index contributed by atoms with van der Waals surface area (Å²) in [6.45, 7) is 6.77. The standard InChI is InChI=1S/C26H33BBr2ClN3O4/c1-17(2)13-23(27-36-11-9-33(3)10-12-37-27)32-26(35)22(14-18-7-5-4-6-8-18)31-25(34)20-15-19(28)16-21(29)24(20)30/h4-8,15-17,22-23H,9-14H2,1-3H3,(H,31,34)(H,32,35)/t22-,23-/m0/s1. The molecule has 2 atom stereocenters. The van der Waals surface area contributed by atoms with Gasteiger partial charge in [0.25, 0.3) is 5.91 Å². The number of halogens is 3. The molecule has 1 aliphatic rings. The summed E-state index contributed by atoms with van der Waals surface area (Å²) in [5.74, 6) is -0.815. The maximum Gasteiger partial charge on any atom is 0.480 e. The van der Waals surface area contributed by atoms with Gasteiger partial charge in [-0.2, -0.15) is 0 Å². The number of hydrogen-bond acceptors (Lipinski definition) is 5. The normalized spacial score (nSPS) is 16.6. The first-order valence-corrected chi connectivity index (χ1v) is 14.3. The zero-order chi connectivity index (χ0) is 26.9. The van der Waals surface area contributed by atoms with Gasteiger partial charge in [0.15, 0.2) is 0 Å². The number of carbonyl (C=O) groups is 2. The highest BCUT2D eigenvalue weighted by molar-refractivity contribution is 9.11. The lowest BCUT2D eigenvalue weighted by molar-refractivity contribution is -0.123. The average molecular weight is 658 g/mol. The van der Waals surface area contributed by atoms with E-state index >= 15 is 0 Å². The summed E-state index contributed by atoms with van der Waals surface area (Å²) in [6.07, 6.45) is 0.986. The number of nitrogens with one attached hydrogen (secondary N) is 2. The van der Waals surface area contributed by atoms with Gasteiger partial charge in [0.1, 0.15) is 6.04 Å². The molecule has 1 heterocycles. The van der Waals surface area contributed by atoms with Gasteiger partial charge in [-0.1, -0.05) is 71.7 Å². The van der Waals surface area contributed by atoms with E-state index in [4.69, 9.17) is 20.9 Å². The summed E-state index contributed by atoms with van der Waals surface area (Å²) in [7, 11) is 1.46. The Bertz CT molecular complexity index is 1050. The van der Waals surface area contributed by atoms with Gasteiger partial charge in [0.2, 0.25) is 5.91 Å². The van der Waals surface area contributed by atoms with Crippen molar-refractivity contribution < 1.29 is 18.9 Å². The van der Waals surface area contributed by atoms with Gasteiger partial charge in [-0.15, -0.1) is 0 Å². The Labute approximate surface area is 241 Å². The Morgan fingerprint density at radius 3 is 2.35 bits per heavy atom. The SMILES string of the molecule is CC(C)C[C@H](NC(=O)[C@H](Cc1ccccc1)NC(=O)c1cc(Br)cc(Br)c1Cl)B1OCCN(C)CCO1. The van der Waals surface area contributed by atoms with E-state index in [9.17, 15) is 9.59 Å². The van der Waals surface area contributed by atoms with Crippen LogP contribution < -0.4 is 10.6 Å². The molecule has 3 rings (SSSR count). The highest BCUT2D eigenvalue weighted by Gasteiger charge is 2.35. The van der Waals surface area contributed by atoms with Crippen LogP contribution in [0.25, 0.3) is 0 Å². The third-order valence-corrected chi connectivity index (χ3v) is 7.75. The van der Waals surface area contributed by atoms with Crippen LogP contribution in [-0.2, 0) is 20.5 Å². The molecule has 2 aromatic rings. The van der Waals surface area contributed by atoms with Crippen molar-refractivity contribution >= 4 is 62.4 Å². The second-order valence-corrected chi connectivity index (χ2v) is 11.8. The summed E-state index contributed by atoms with van der Waals surface area (Å²) < 4.78 is 13.3. The molecular formula is C26H33BBr2ClN3O4. The molecule has 2 aromatic carbocycles. The maximum atomic E-state index is 13.7. The zero-order valence-corrected chi connectivity index (χ0v) is 25.2. The molecule has 11 heteroatoms. The molecule has 0 spiro atoms. The Hall–Kier alpha value is -1.43. The molecule has 7 nitrogen and oxygen atoms in total. The molecule has 1 saturated heterocycles. The molecule has 37 heavy (non-hydrogen) atoms. The van der Waals surface area contributed by atoms with E-state index in [-0.39, 0.29) is 22.4 Å². The third-order valence-electron chi connectivity index (χ3n) is 6.03. The van der Waals surface area contributed by atoms with Crippen LogP contribution in [0.3, 0.4) is 0 Å². The fourth-order valence-corrected chi connectivity index (χ4v) is 5.51. The van der Waals surface area contributed by atoms with Crippen LogP contribution in [0.15, 0.2) is 51.4 Å². The van der Waals surface area contributed by atoms with E-state index in [1.165, 1.54) is 0 Å². The van der Waals surface area contributed by atoms with Crippen molar-refractivity contribution in [2.24, 2.45) is 5.92 Å². The second kappa shape index (κ2) is 14.7. The number of amides is 2. The van der Waals surface area contributed by atoms with Crippen molar-refractivity contribution in [3.05, 3.63) is 67.6 Å². The number of rotatable bonds is 9. The number of likely N-dealkylation sites (N-methyl/N-ethyl adjacent to an activating group) is 1. The van der Waals surface area contributed by atoms with Gasteiger partial charge in [-0.05, 0) is 53.0 Å². The van der Waals surface area contributed by atoms with Crippen LogP contribution in [0.1, 0.15) is 36.2 Å². The number of carbonyl (C=O) groups excluding carboxylic acids is 2. The molecule has 0 saturated carbocycles. The zero-order valence-electron chi connectivity index (χ0n) is 21.3. The first-order valence-electron chi connectivity index (χ1n) is 12.4. The molecular weight excluding hydrogens is 624 g/mol. The van der Waals surface area contributed by atoms with Gasteiger partial charge >= 0.3 is 7.12 Å². The predicted octanol–water partition coefficient (Wildman–Crippen LogP) is 4.74. The van der Waals surface area contributed by atoms with Crippen molar-refractivity contribution in [2.45, 2.75) is 38.7 Å². The molecule has 0 unspecified atom stereocenters. The summed E-state index contributed by atoms with van der Waals surface area (Å²) >= 11 is 13.2. The fraction of sp³-hybridized carbons (Fsp3) is 0.462. The molecule has 2 N–H and O–H groups in total. The number of hydrogen-bond donors (Lipinski definition) is 2. The topological polar surface area (TPSA) is 79.9 Å². The smallest absolute Gasteiger partial charge is 0.408 e. The van der Waals surface area contributed by atoms with Gasteiger partial charge in [0.05, 0.1) is 16.5 Å². The molecule has 1 aliphatic heterocycles. The minimum absolute atomic E-state index is 0.267. The molecule has 0 radical (unpaired) electrons. The largest absolute Gasteiger partial charge is 0.480 e. The Kier molecular flexibility index (Phi) is 11.9. The highest BCUT2D eigenvalue weighted by atomic mass is 79.9. The van der Waals surface area contributed by atoms with E-state index in [2.05, 4.69) is 61.2 Å². The minimum atomic E-state index is -0.835. The summed E-state index contributed by atoms with van der Waals surface area (Å²) in [5.41, 5.74) is 1.19. The van der Waals surface area contributed by atoms with Crippen molar-refractivity contribution in [3.8, 4) is 0 Å². The monoisotopic (exact) mass is 655 g/mol. The molecule has 0 aromatic heterocycles. The Morgan fingerprint density at radius 1 is 1.08 bits per heavy atom. The summed E-state index contributed by atoms with van der Waals surface area (Å²) in [4.78, 5) is 29.1. The van der Waals surface area contributed by atoms with Gasteiger partial charge < -0.3 is 24.8 Å². The molecule has 200 valence electrons. The van der Waals surface area contributed by atoms with Crippen molar-refractivity contribution in [3.63, 3.8) is 0 Å². The van der Waals surface area contributed by atoms with Crippen LogP contribution in [0.5, 0.6) is 0 Å². The van der Waals surface area contributed by atoms with E-state index in [0.29, 0.717) is 40.9 Å². The van der Waals surface area contributed by atoms with E-state index in [1.54, 1.807) is 12.1 Å². The van der Waals surface area contributed by atoms with Crippen molar-refractivity contribution in [1.29, 1.82) is 0 Å². The van der Waals surface area contributed by atoms with E-state index < -0.39 is 19.1 Å². The lowest BCUT2D eigenvalue weighted by Gasteiger charge is -2.31. The third kappa shape index (κ3) is 9.37. The lowest BCUT2D eigenvalue weighted by Crippen LogP contribution is -2.57. The number of nitrogens with zero attached hydrogens (tertiary/aromatic N) is 1. The molecule has 0 bridgehead atoms. The average Bonchev–Trinajstić information content (AvgIpc) is 2.83. The Balaban J connectivity index is 1.82. The first kappa shape index (κ1) is 30.1. The van der Waals surface area contributed by atoms with Crippen LogP contribution in [0.2, 0.25) is 5.02 Å². The lowest BCUT2D eigenvalue weighted by atomic mass is 9.73. The molecule has 1 fully saturated rings. The van der Waals surface area contributed by atoms with Gasteiger partial charge in [-0.3, -0.25) is 9.59 Å². The summed E-state index contributed by atoms with van der Waals surface area (Å²) in [5, 5.41) is 6.30. The first-order chi connectivity index (χ1) is 17.6. The minimum Gasteiger partial charge on any atom is -0.408 e. The summed E-state index contributed by atoms with van der Waals surface area (Å²) in [6, 6.07) is 12.1. The van der Waals surface area contributed by atoms with Crippen LogP contribution in [-0.4, -0.2) is 69.2 Å². The fourth-order valence-electron chi connectivity index (χ4n) is 4.09. The van der Waals surface area contributed by atoms with Crippen LogP contribution in [0.4, 0.5) is 0 Å². The van der Waals surface area contributed by atoms with E-state index in [1.807, 2.05) is 37.4 Å².